The Morgan fingerprint density at radius 2 is 1.84 bits per heavy atom. The normalized spacial score (nSPS) is 24.1. The van der Waals surface area contributed by atoms with Crippen LogP contribution in [0.1, 0.15) is 25.7 Å². The molecule has 2 N–H and O–H groups in total. The van der Waals surface area contributed by atoms with Crippen LogP contribution in [0.5, 0.6) is 5.75 Å². The molecule has 106 valence electrons. The van der Waals surface area contributed by atoms with E-state index in [0.29, 0.717) is 18.6 Å². The molecule has 0 aromatic heterocycles. The van der Waals surface area contributed by atoms with E-state index in [0.717, 1.165) is 12.8 Å². The molecule has 0 bridgehead atoms. The fraction of sp³-hybridized carbons (Fsp3) is 0.538. The van der Waals surface area contributed by atoms with Gasteiger partial charge in [-0.1, -0.05) is 12.8 Å². The Kier molecular flexibility index (Phi) is 4.44. The highest BCUT2D eigenvalue weighted by atomic mass is 32.2. The molecule has 0 saturated heterocycles. The minimum Gasteiger partial charge on any atom is -0.497 e. The summed E-state index contributed by atoms with van der Waals surface area (Å²) in [6.45, 7) is 0. The summed E-state index contributed by atoms with van der Waals surface area (Å²) in [6, 6.07) is 5.81. The minimum absolute atomic E-state index is 0.186. The van der Waals surface area contributed by atoms with Crippen LogP contribution in [-0.4, -0.2) is 32.8 Å². The number of sulfonamides is 1. The van der Waals surface area contributed by atoms with Crippen LogP contribution in [0.2, 0.25) is 0 Å². The summed E-state index contributed by atoms with van der Waals surface area (Å²) in [7, 11) is -2.06. The van der Waals surface area contributed by atoms with Crippen LogP contribution < -0.4 is 9.46 Å². The molecule has 0 heterocycles. The number of ether oxygens (including phenoxy) is 1. The van der Waals surface area contributed by atoms with Gasteiger partial charge in [-0.15, -0.1) is 0 Å². The van der Waals surface area contributed by atoms with Crippen LogP contribution in [0.15, 0.2) is 29.2 Å². The third kappa shape index (κ3) is 3.46. The van der Waals surface area contributed by atoms with Crippen molar-refractivity contribution < 1.29 is 18.3 Å². The van der Waals surface area contributed by atoms with Gasteiger partial charge in [0.1, 0.15) is 5.75 Å². The zero-order valence-electron chi connectivity index (χ0n) is 10.9. The highest BCUT2D eigenvalue weighted by molar-refractivity contribution is 7.89. The molecule has 1 aromatic rings. The van der Waals surface area contributed by atoms with Crippen molar-refractivity contribution in [1.29, 1.82) is 0 Å². The average molecular weight is 285 g/mol. The quantitative estimate of drug-likeness (QED) is 0.873. The molecule has 1 saturated carbocycles. The van der Waals surface area contributed by atoms with Crippen LogP contribution in [0.25, 0.3) is 0 Å². The number of aliphatic hydroxyl groups is 1. The largest absolute Gasteiger partial charge is 0.497 e. The maximum atomic E-state index is 12.2. The van der Waals surface area contributed by atoms with E-state index in [4.69, 9.17) is 4.74 Å². The van der Waals surface area contributed by atoms with Crippen molar-refractivity contribution in [3.8, 4) is 5.75 Å². The predicted octanol–water partition coefficient (Wildman–Crippen LogP) is 1.28. The summed E-state index contributed by atoms with van der Waals surface area (Å²) < 4.78 is 31.9. The second-order valence-corrected chi connectivity index (χ2v) is 6.47. The number of hydrogen-bond acceptors (Lipinski definition) is 4. The Hall–Kier alpha value is -1.11. The van der Waals surface area contributed by atoms with Gasteiger partial charge in [-0.3, -0.25) is 0 Å². The molecule has 0 aliphatic heterocycles. The first-order chi connectivity index (χ1) is 9.03. The van der Waals surface area contributed by atoms with Gasteiger partial charge in [0, 0.05) is 6.04 Å². The number of benzene rings is 1. The molecule has 0 radical (unpaired) electrons. The van der Waals surface area contributed by atoms with Gasteiger partial charge in [-0.05, 0) is 37.1 Å². The van der Waals surface area contributed by atoms with Gasteiger partial charge in [0.2, 0.25) is 10.0 Å². The lowest BCUT2D eigenvalue weighted by Crippen LogP contribution is -2.44. The summed E-state index contributed by atoms with van der Waals surface area (Å²) in [4.78, 5) is 0.186. The summed E-state index contributed by atoms with van der Waals surface area (Å²) in [5.74, 6) is 0.608. The van der Waals surface area contributed by atoms with Crippen molar-refractivity contribution >= 4 is 10.0 Å². The number of nitrogens with one attached hydrogen (secondary N) is 1. The van der Waals surface area contributed by atoms with Crippen LogP contribution in [0, 0.1) is 0 Å². The van der Waals surface area contributed by atoms with Crippen molar-refractivity contribution in [2.75, 3.05) is 7.11 Å². The van der Waals surface area contributed by atoms with Crippen molar-refractivity contribution in [3.63, 3.8) is 0 Å². The third-order valence-corrected chi connectivity index (χ3v) is 4.91. The average Bonchev–Trinajstić information content (AvgIpc) is 2.41. The Bertz CT molecular complexity index is 512. The van der Waals surface area contributed by atoms with Crippen LogP contribution >= 0.6 is 0 Å². The minimum atomic E-state index is -3.58. The standard InChI is InChI=1S/C13H19NO4S/c1-18-10-6-8-11(9-7-10)19(16,17)14-12-4-2-3-5-13(12)15/h6-9,12-15H,2-5H2,1H3. The van der Waals surface area contributed by atoms with Gasteiger partial charge >= 0.3 is 0 Å². The van der Waals surface area contributed by atoms with Gasteiger partial charge in [-0.25, -0.2) is 13.1 Å². The lowest BCUT2D eigenvalue weighted by Gasteiger charge is -2.28. The van der Waals surface area contributed by atoms with Gasteiger partial charge in [0.15, 0.2) is 0 Å². The molecule has 6 heteroatoms. The van der Waals surface area contributed by atoms with E-state index in [2.05, 4.69) is 4.72 Å². The number of hydrogen-bond donors (Lipinski definition) is 2. The highest BCUT2D eigenvalue weighted by Crippen LogP contribution is 2.21. The first-order valence-electron chi connectivity index (χ1n) is 6.37. The molecule has 2 unspecified atom stereocenters. The van der Waals surface area contributed by atoms with E-state index in [1.807, 2.05) is 0 Å². The van der Waals surface area contributed by atoms with E-state index in [9.17, 15) is 13.5 Å². The van der Waals surface area contributed by atoms with Gasteiger partial charge in [0.05, 0.1) is 18.1 Å². The number of rotatable bonds is 4. The topological polar surface area (TPSA) is 75.6 Å². The maximum absolute atomic E-state index is 12.2. The van der Waals surface area contributed by atoms with Crippen molar-refractivity contribution in [2.45, 2.75) is 42.7 Å². The van der Waals surface area contributed by atoms with Gasteiger partial charge in [-0.2, -0.15) is 0 Å². The summed E-state index contributed by atoms with van der Waals surface area (Å²) in [5.41, 5.74) is 0. The monoisotopic (exact) mass is 285 g/mol. The van der Waals surface area contributed by atoms with Crippen molar-refractivity contribution in [2.24, 2.45) is 0 Å². The van der Waals surface area contributed by atoms with Crippen molar-refractivity contribution in [1.82, 2.24) is 4.72 Å². The second-order valence-electron chi connectivity index (χ2n) is 4.76. The molecule has 1 aliphatic rings. The van der Waals surface area contributed by atoms with Crippen molar-refractivity contribution in [3.05, 3.63) is 24.3 Å². The number of aliphatic hydroxyl groups excluding tert-OH is 1. The Labute approximate surface area is 113 Å². The zero-order chi connectivity index (χ0) is 13.9. The zero-order valence-corrected chi connectivity index (χ0v) is 11.7. The molecular formula is C13H19NO4S. The van der Waals surface area contributed by atoms with E-state index < -0.39 is 16.1 Å². The molecular weight excluding hydrogens is 266 g/mol. The Morgan fingerprint density at radius 1 is 1.21 bits per heavy atom. The highest BCUT2D eigenvalue weighted by Gasteiger charge is 2.27. The fourth-order valence-corrected chi connectivity index (χ4v) is 3.57. The molecule has 2 rings (SSSR count). The molecule has 1 aliphatic carbocycles. The molecule has 19 heavy (non-hydrogen) atoms. The van der Waals surface area contributed by atoms with E-state index in [1.165, 1.54) is 19.2 Å². The summed E-state index contributed by atoms with van der Waals surface area (Å²) >= 11 is 0. The fourth-order valence-electron chi connectivity index (χ4n) is 2.27. The van der Waals surface area contributed by atoms with Crippen LogP contribution in [-0.2, 0) is 10.0 Å². The lowest BCUT2D eigenvalue weighted by molar-refractivity contribution is 0.101. The van der Waals surface area contributed by atoms with Crippen LogP contribution in [0.4, 0.5) is 0 Å². The second kappa shape index (κ2) is 5.90. The lowest BCUT2D eigenvalue weighted by atomic mass is 9.93. The van der Waals surface area contributed by atoms with Gasteiger partial charge in [0.25, 0.3) is 0 Å². The molecule has 1 fully saturated rings. The van der Waals surface area contributed by atoms with E-state index >= 15 is 0 Å². The third-order valence-electron chi connectivity index (χ3n) is 3.41. The van der Waals surface area contributed by atoms with E-state index in [1.54, 1.807) is 12.1 Å². The van der Waals surface area contributed by atoms with Gasteiger partial charge < -0.3 is 9.84 Å². The smallest absolute Gasteiger partial charge is 0.240 e. The number of methoxy groups -OCH3 is 1. The first-order valence-corrected chi connectivity index (χ1v) is 7.86. The SMILES string of the molecule is COc1ccc(S(=O)(=O)NC2CCCCC2O)cc1. The molecule has 5 nitrogen and oxygen atoms in total. The van der Waals surface area contributed by atoms with Crippen LogP contribution in [0.3, 0.4) is 0 Å². The summed E-state index contributed by atoms with van der Waals surface area (Å²) in [6.07, 6.45) is 2.61. The molecule has 1 aromatic carbocycles. The Morgan fingerprint density at radius 3 is 2.42 bits per heavy atom. The molecule has 0 amide bonds. The summed E-state index contributed by atoms with van der Waals surface area (Å²) in [5, 5.41) is 9.81. The first kappa shape index (κ1) is 14.3. The maximum Gasteiger partial charge on any atom is 0.240 e. The Balaban J connectivity index is 2.12. The molecule has 2 atom stereocenters. The predicted molar refractivity (Wildman–Crippen MR) is 71.6 cm³/mol. The van der Waals surface area contributed by atoms with E-state index in [-0.39, 0.29) is 10.9 Å². The molecule has 0 spiro atoms.